The number of hydrogen-bond donors (Lipinski definition) is 0. The number of carbonyl (C=O) groups excluding carboxylic acids is 1. The third-order valence-corrected chi connectivity index (χ3v) is 5.11. The largest absolute Gasteiger partial charge is 0.497 e. The number of amides is 1. The molecule has 5 heteroatoms. The Bertz CT molecular complexity index is 959. The van der Waals surface area contributed by atoms with E-state index in [0.29, 0.717) is 5.56 Å². The number of hydrogen-bond acceptors (Lipinski definition) is 4. The van der Waals surface area contributed by atoms with Crippen LogP contribution in [0.5, 0.6) is 5.75 Å². The highest BCUT2D eigenvalue weighted by Gasteiger charge is 2.31. The van der Waals surface area contributed by atoms with E-state index in [-0.39, 0.29) is 11.9 Å². The first-order valence-electron chi connectivity index (χ1n) is 9.54. The van der Waals surface area contributed by atoms with Crippen molar-refractivity contribution in [3.63, 3.8) is 0 Å². The molecular weight excluding hydrogens is 350 g/mol. The van der Waals surface area contributed by atoms with E-state index in [2.05, 4.69) is 11.1 Å². The first-order valence-corrected chi connectivity index (χ1v) is 9.54. The summed E-state index contributed by atoms with van der Waals surface area (Å²) in [4.78, 5) is 23.8. The maximum Gasteiger partial charge on any atom is 0.255 e. The third kappa shape index (κ3) is 3.88. The molecule has 1 aliphatic rings. The van der Waals surface area contributed by atoms with Gasteiger partial charge in [-0.25, -0.2) is 0 Å². The van der Waals surface area contributed by atoms with Crippen molar-refractivity contribution in [1.82, 2.24) is 14.9 Å². The number of likely N-dealkylation sites (tertiary alicyclic amines) is 1. The molecular formula is C23H23N3O2. The van der Waals surface area contributed by atoms with Gasteiger partial charge in [-0.1, -0.05) is 18.2 Å². The zero-order valence-electron chi connectivity index (χ0n) is 15.9. The monoisotopic (exact) mass is 373 g/mol. The molecule has 0 aliphatic carbocycles. The number of ether oxygens (including phenoxy) is 1. The zero-order valence-corrected chi connectivity index (χ0v) is 15.9. The Morgan fingerprint density at radius 2 is 2.07 bits per heavy atom. The zero-order chi connectivity index (χ0) is 19.3. The van der Waals surface area contributed by atoms with Crippen LogP contribution in [0.25, 0.3) is 0 Å². The van der Waals surface area contributed by atoms with Crippen LogP contribution in [0.4, 0.5) is 0 Å². The first kappa shape index (κ1) is 18.2. The van der Waals surface area contributed by atoms with Crippen LogP contribution < -0.4 is 4.74 Å². The predicted octanol–water partition coefficient (Wildman–Crippen LogP) is 4.05. The normalized spacial score (nSPS) is 16.2. The quantitative estimate of drug-likeness (QED) is 0.677. The molecule has 1 aliphatic heterocycles. The molecule has 0 radical (unpaired) electrons. The van der Waals surface area contributed by atoms with Gasteiger partial charge in [-0.2, -0.15) is 0 Å². The number of pyridine rings is 2. The Kier molecular flexibility index (Phi) is 5.33. The van der Waals surface area contributed by atoms with Crippen LogP contribution in [0, 0.1) is 0 Å². The highest BCUT2D eigenvalue weighted by Crippen LogP contribution is 2.32. The van der Waals surface area contributed by atoms with Crippen molar-refractivity contribution in [3.05, 3.63) is 89.5 Å². The van der Waals surface area contributed by atoms with E-state index in [1.54, 1.807) is 25.6 Å². The molecule has 3 aromatic rings. The van der Waals surface area contributed by atoms with E-state index >= 15 is 0 Å². The Morgan fingerprint density at radius 1 is 1.18 bits per heavy atom. The molecule has 2 aromatic heterocycles. The fourth-order valence-electron chi connectivity index (χ4n) is 3.75. The van der Waals surface area contributed by atoms with Crippen molar-refractivity contribution in [2.24, 2.45) is 0 Å². The molecule has 0 spiro atoms. The van der Waals surface area contributed by atoms with Crippen molar-refractivity contribution in [1.29, 1.82) is 0 Å². The Hall–Kier alpha value is -3.21. The fourth-order valence-corrected chi connectivity index (χ4v) is 3.75. The molecule has 3 heterocycles. The van der Waals surface area contributed by atoms with Gasteiger partial charge in [-0.05, 0) is 54.8 Å². The van der Waals surface area contributed by atoms with E-state index in [1.165, 1.54) is 0 Å². The number of benzene rings is 1. The molecule has 1 atom stereocenters. The summed E-state index contributed by atoms with van der Waals surface area (Å²) >= 11 is 0. The molecule has 0 unspecified atom stereocenters. The predicted molar refractivity (Wildman–Crippen MR) is 107 cm³/mol. The summed E-state index contributed by atoms with van der Waals surface area (Å²) in [6.07, 6.45) is 5.96. The summed E-state index contributed by atoms with van der Waals surface area (Å²) in [7, 11) is 1.67. The van der Waals surface area contributed by atoms with Crippen molar-refractivity contribution in [3.8, 4) is 5.75 Å². The van der Waals surface area contributed by atoms with E-state index < -0.39 is 0 Å². The van der Waals surface area contributed by atoms with E-state index in [4.69, 9.17) is 9.72 Å². The highest BCUT2D eigenvalue weighted by atomic mass is 16.5. The van der Waals surface area contributed by atoms with Gasteiger partial charge in [0.1, 0.15) is 5.75 Å². The average Bonchev–Trinajstić information content (AvgIpc) is 3.24. The number of carbonyl (C=O) groups is 1. The minimum Gasteiger partial charge on any atom is -0.497 e. The van der Waals surface area contributed by atoms with Crippen molar-refractivity contribution >= 4 is 5.91 Å². The molecule has 5 nitrogen and oxygen atoms in total. The number of rotatable bonds is 5. The van der Waals surface area contributed by atoms with Crippen LogP contribution >= 0.6 is 0 Å². The molecule has 4 rings (SSSR count). The van der Waals surface area contributed by atoms with Crippen LogP contribution in [0.3, 0.4) is 0 Å². The molecule has 1 amide bonds. The third-order valence-electron chi connectivity index (χ3n) is 5.11. The summed E-state index contributed by atoms with van der Waals surface area (Å²) in [5, 5.41) is 0. The van der Waals surface area contributed by atoms with Crippen LogP contribution in [0.1, 0.15) is 46.2 Å². The summed E-state index contributed by atoms with van der Waals surface area (Å²) in [5.74, 6) is 0.869. The summed E-state index contributed by atoms with van der Waals surface area (Å²) in [6, 6.07) is 17.7. The van der Waals surface area contributed by atoms with Gasteiger partial charge in [0.2, 0.25) is 0 Å². The standard InChI is InChI=1S/C23H23N3O2/c1-28-20-9-2-6-17(15-20)14-19-8-3-10-21(25-19)22-11-5-13-26(22)23(27)18-7-4-12-24-16-18/h2-4,6-10,12,15-16,22H,5,11,13-14H2,1H3/t22-/m1/s1. The van der Waals surface area contributed by atoms with Crippen molar-refractivity contribution < 1.29 is 9.53 Å². The molecule has 1 aromatic carbocycles. The molecule has 0 bridgehead atoms. The average molecular weight is 373 g/mol. The van der Waals surface area contributed by atoms with Gasteiger partial charge in [0.25, 0.3) is 5.91 Å². The number of aromatic nitrogens is 2. The molecule has 0 N–H and O–H groups in total. The second-order valence-corrected chi connectivity index (χ2v) is 6.98. The van der Waals surface area contributed by atoms with Crippen LogP contribution in [0.15, 0.2) is 67.0 Å². The maximum atomic E-state index is 12.9. The van der Waals surface area contributed by atoms with Crippen molar-refractivity contribution in [2.45, 2.75) is 25.3 Å². The summed E-state index contributed by atoms with van der Waals surface area (Å²) in [6.45, 7) is 0.750. The summed E-state index contributed by atoms with van der Waals surface area (Å²) < 4.78 is 5.31. The van der Waals surface area contributed by atoms with Gasteiger partial charge in [0.15, 0.2) is 0 Å². The molecule has 1 saturated heterocycles. The van der Waals surface area contributed by atoms with E-state index in [1.807, 2.05) is 47.4 Å². The smallest absolute Gasteiger partial charge is 0.255 e. The van der Waals surface area contributed by atoms with Gasteiger partial charge in [-0.15, -0.1) is 0 Å². The van der Waals surface area contributed by atoms with E-state index in [9.17, 15) is 4.79 Å². The molecule has 142 valence electrons. The van der Waals surface area contributed by atoms with Gasteiger partial charge in [0, 0.05) is 31.1 Å². The first-order chi connectivity index (χ1) is 13.7. The van der Waals surface area contributed by atoms with Gasteiger partial charge in [0.05, 0.1) is 24.4 Å². The number of methoxy groups -OCH3 is 1. The number of nitrogens with zero attached hydrogens (tertiary/aromatic N) is 3. The Labute approximate surface area is 165 Å². The minimum atomic E-state index is 0.0120. The van der Waals surface area contributed by atoms with Crippen molar-refractivity contribution in [2.75, 3.05) is 13.7 Å². The fraction of sp³-hybridized carbons (Fsp3) is 0.261. The Balaban J connectivity index is 1.55. The molecule has 1 fully saturated rings. The highest BCUT2D eigenvalue weighted by molar-refractivity contribution is 5.94. The lowest BCUT2D eigenvalue weighted by Crippen LogP contribution is -2.31. The second kappa shape index (κ2) is 8.21. The summed E-state index contributed by atoms with van der Waals surface area (Å²) in [5.41, 5.74) is 3.72. The lowest BCUT2D eigenvalue weighted by Gasteiger charge is -2.24. The minimum absolute atomic E-state index is 0.0120. The van der Waals surface area contributed by atoms with Crippen LogP contribution in [-0.4, -0.2) is 34.4 Å². The van der Waals surface area contributed by atoms with E-state index in [0.717, 1.165) is 48.5 Å². The molecule has 0 saturated carbocycles. The second-order valence-electron chi connectivity index (χ2n) is 6.98. The van der Waals surface area contributed by atoms with Gasteiger partial charge < -0.3 is 9.64 Å². The van der Waals surface area contributed by atoms with Gasteiger partial charge >= 0.3 is 0 Å². The van der Waals surface area contributed by atoms with Crippen LogP contribution in [0.2, 0.25) is 0 Å². The van der Waals surface area contributed by atoms with Crippen LogP contribution in [-0.2, 0) is 6.42 Å². The SMILES string of the molecule is COc1cccc(Cc2cccc([C@H]3CCCN3C(=O)c3cccnc3)n2)c1. The van der Waals surface area contributed by atoms with Gasteiger partial charge in [-0.3, -0.25) is 14.8 Å². The molecule has 28 heavy (non-hydrogen) atoms. The Morgan fingerprint density at radius 3 is 2.89 bits per heavy atom. The lowest BCUT2D eigenvalue weighted by molar-refractivity contribution is 0.0732. The maximum absolute atomic E-state index is 12.9. The lowest BCUT2D eigenvalue weighted by atomic mass is 10.1. The topological polar surface area (TPSA) is 55.3 Å².